The third-order valence-electron chi connectivity index (χ3n) is 4.56. The van der Waals surface area contributed by atoms with Gasteiger partial charge in [0.05, 0.1) is 29.5 Å². The van der Waals surface area contributed by atoms with Crippen LogP contribution < -0.4 is 10.2 Å². The van der Waals surface area contributed by atoms with E-state index in [9.17, 15) is 14.4 Å². The summed E-state index contributed by atoms with van der Waals surface area (Å²) in [6.07, 6.45) is 0. The number of carbonyl (C=O) groups excluding carboxylic acids is 2. The Labute approximate surface area is 172 Å². The SMILES string of the molecule is CCOC(=O)C1=C(C)N(c2ccc(C(=O)O)cc2)C(=O)N[C@@H]1c1ccc(Cl)cc1. The highest BCUT2D eigenvalue weighted by Crippen LogP contribution is 2.34. The number of nitrogens with zero attached hydrogens (tertiary/aromatic N) is 1. The van der Waals surface area contributed by atoms with Crippen molar-refractivity contribution < 1.29 is 24.2 Å². The van der Waals surface area contributed by atoms with Gasteiger partial charge in [0.1, 0.15) is 0 Å². The zero-order valence-corrected chi connectivity index (χ0v) is 16.6. The van der Waals surface area contributed by atoms with Crippen molar-refractivity contribution in [2.24, 2.45) is 0 Å². The van der Waals surface area contributed by atoms with E-state index in [1.54, 1.807) is 38.1 Å². The topological polar surface area (TPSA) is 95.9 Å². The number of anilines is 1. The molecule has 8 heteroatoms. The lowest BCUT2D eigenvalue weighted by Crippen LogP contribution is -2.48. The minimum atomic E-state index is -1.07. The summed E-state index contributed by atoms with van der Waals surface area (Å²) in [6.45, 7) is 3.54. The van der Waals surface area contributed by atoms with Gasteiger partial charge in [-0.2, -0.15) is 0 Å². The number of urea groups is 1. The normalized spacial score (nSPS) is 16.4. The molecule has 2 amide bonds. The number of amides is 2. The summed E-state index contributed by atoms with van der Waals surface area (Å²) in [5.74, 6) is -1.61. The summed E-state index contributed by atoms with van der Waals surface area (Å²) < 4.78 is 5.22. The highest BCUT2D eigenvalue weighted by Gasteiger charge is 2.37. The van der Waals surface area contributed by atoms with Gasteiger partial charge in [0.25, 0.3) is 0 Å². The number of benzene rings is 2. The number of esters is 1. The first-order chi connectivity index (χ1) is 13.8. The summed E-state index contributed by atoms with van der Waals surface area (Å²) in [5, 5.41) is 12.4. The Bertz CT molecular complexity index is 983. The molecule has 0 saturated heterocycles. The lowest BCUT2D eigenvalue weighted by molar-refractivity contribution is -0.139. The second-order valence-corrected chi connectivity index (χ2v) is 6.78. The van der Waals surface area contributed by atoms with Crippen LogP contribution in [0.15, 0.2) is 59.8 Å². The largest absolute Gasteiger partial charge is 0.478 e. The molecule has 2 N–H and O–H groups in total. The van der Waals surface area contributed by atoms with Gasteiger partial charge in [-0.05, 0) is 55.8 Å². The van der Waals surface area contributed by atoms with Gasteiger partial charge in [-0.15, -0.1) is 0 Å². The van der Waals surface area contributed by atoms with Crippen molar-refractivity contribution in [3.8, 4) is 0 Å². The second-order valence-electron chi connectivity index (χ2n) is 6.34. The number of carboxylic acids is 1. The molecule has 1 aliphatic rings. The molecule has 3 rings (SSSR count). The van der Waals surface area contributed by atoms with Gasteiger partial charge in [-0.3, -0.25) is 4.90 Å². The standard InChI is InChI=1S/C21H19ClN2O5/c1-3-29-20(27)17-12(2)24(16-10-6-14(7-11-16)19(25)26)21(28)23-18(17)13-4-8-15(22)9-5-13/h4-11,18H,3H2,1-2H3,(H,23,28)(H,25,26)/t18-/m1/s1. The number of hydrogen-bond donors (Lipinski definition) is 2. The predicted octanol–water partition coefficient (Wildman–Crippen LogP) is 4.15. The van der Waals surface area contributed by atoms with Crippen molar-refractivity contribution in [3.63, 3.8) is 0 Å². The number of ether oxygens (including phenoxy) is 1. The van der Waals surface area contributed by atoms with Gasteiger partial charge >= 0.3 is 18.0 Å². The Balaban J connectivity index is 2.09. The first kappa shape index (κ1) is 20.4. The zero-order valence-electron chi connectivity index (χ0n) is 15.8. The van der Waals surface area contributed by atoms with Crippen molar-refractivity contribution in [1.82, 2.24) is 5.32 Å². The van der Waals surface area contributed by atoms with Crippen molar-refractivity contribution in [2.45, 2.75) is 19.9 Å². The molecule has 0 fully saturated rings. The molecule has 7 nitrogen and oxygen atoms in total. The van der Waals surface area contributed by atoms with E-state index in [-0.39, 0.29) is 17.7 Å². The molecule has 1 atom stereocenters. The van der Waals surface area contributed by atoms with E-state index in [1.165, 1.54) is 29.2 Å². The number of carboxylic acid groups (broad SMARTS) is 1. The van der Waals surface area contributed by atoms with Gasteiger partial charge in [0, 0.05) is 10.7 Å². The van der Waals surface area contributed by atoms with E-state index < -0.39 is 24.0 Å². The third-order valence-corrected chi connectivity index (χ3v) is 4.81. The van der Waals surface area contributed by atoms with Crippen molar-refractivity contribution in [3.05, 3.63) is 76.0 Å². The molecule has 0 aliphatic carbocycles. The van der Waals surface area contributed by atoms with E-state index in [4.69, 9.17) is 21.4 Å². The number of carbonyl (C=O) groups is 3. The van der Waals surface area contributed by atoms with Crippen molar-refractivity contribution in [1.29, 1.82) is 0 Å². The average molecular weight is 415 g/mol. The number of halogens is 1. The van der Waals surface area contributed by atoms with Crippen LogP contribution in [0.4, 0.5) is 10.5 Å². The molecular formula is C21H19ClN2O5. The fourth-order valence-corrected chi connectivity index (χ4v) is 3.31. The fourth-order valence-electron chi connectivity index (χ4n) is 3.19. The van der Waals surface area contributed by atoms with E-state index in [2.05, 4.69) is 5.32 Å². The van der Waals surface area contributed by atoms with E-state index in [1.807, 2.05) is 0 Å². The summed E-state index contributed by atoms with van der Waals surface area (Å²) in [6, 6.07) is 11.5. The van der Waals surface area contributed by atoms with Crippen LogP contribution in [-0.2, 0) is 9.53 Å². The third kappa shape index (κ3) is 4.09. The van der Waals surface area contributed by atoms with E-state index in [0.717, 1.165) is 0 Å². The van der Waals surface area contributed by atoms with Crippen LogP contribution >= 0.6 is 11.6 Å². The molecule has 1 aliphatic heterocycles. The molecule has 0 saturated carbocycles. The van der Waals surface area contributed by atoms with Gasteiger partial charge in [-0.25, -0.2) is 14.4 Å². The van der Waals surface area contributed by atoms with E-state index in [0.29, 0.717) is 22.0 Å². The van der Waals surface area contributed by atoms with Crippen LogP contribution in [0.1, 0.15) is 35.8 Å². The maximum absolute atomic E-state index is 12.9. The van der Waals surface area contributed by atoms with Crippen LogP contribution in [0.3, 0.4) is 0 Å². The molecule has 0 bridgehead atoms. The summed E-state index contributed by atoms with van der Waals surface area (Å²) in [4.78, 5) is 38.0. The van der Waals surface area contributed by atoms with E-state index >= 15 is 0 Å². The molecule has 0 spiro atoms. The quantitative estimate of drug-likeness (QED) is 0.716. The minimum Gasteiger partial charge on any atom is -0.478 e. The van der Waals surface area contributed by atoms with Crippen LogP contribution in [-0.4, -0.2) is 29.7 Å². The monoisotopic (exact) mass is 414 g/mol. The summed E-state index contributed by atoms with van der Waals surface area (Å²) >= 11 is 5.95. The van der Waals surface area contributed by atoms with Crippen molar-refractivity contribution in [2.75, 3.05) is 11.5 Å². The zero-order chi connectivity index (χ0) is 21.1. The fraction of sp³-hybridized carbons (Fsp3) is 0.190. The first-order valence-corrected chi connectivity index (χ1v) is 9.28. The molecule has 2 aromatic rings. The Kier molecular flexibility index (Phi) is 5.89. The smallest absolute Gasteiger partial charge is 0.338 e. The van der Waals surface area contributed by atoms with Crippen LogP contribution in [0.2, 0.25) is 5.02 Å². The molecule has 0 aromatic heterocycles. The number of aromatic carboxylic acids is 1. The van der Waals surface area contributed by atoms with Gasteiger partial charge in [-0.1, -0.05) is 23.7 Å². The van der Waals surface area contributed by atoms with Gasteiger partial charge < -0.3 is 15.2 Å². The van der Waals surface area contributed by atoms with Crippen LogP contribution in [0, 0.1) is 0 Å². The van der Waals surface area contributed by atoms with Crippen LogP contribution in [0.5, 0.6) is 0 Å². The lowest BCUT2D eigenvalue weighted by atomic mass is 9.94. The lowest BCUT2D eigenvalue weighted by Gasteiger charge is -2.35. The highest BCUT2D eigenvalue weighted by molar-refractivity contribution is 6.30. The summed E-state index contributed by atoms with van der Waals surface area (Å²) in [7, 11) is 0. The molecule has 29 heavy (non-hydrogen) atoms. The summed E-state index contributed by atoms with van der Waals surface area (Å²) in [5.41, 5.74) is 1.90. The number of hydrogen-bond acceptors (Lipinski definition) is 4. The molecule has 0 radical (unpaired) electrons. The molecule has 1 heterocycles. The maximum Gasteiger partial charge on any atom is 0.338 e. The Morgan fingerprint density at radius 1 is 1.14 bits per heavy atom. The molecular weight excluding hydrogens is 396 g/mol. The van der Waals surface area contributed by atoms with Crippen LogP contribution in [0.25, 0.3) is 0 Å². The Hall–Kier alpha value is -3.32. The van der Waals surface area contributed by atoms with Gasteiger partial charge in [0.15, 0.2) is 0 Å². The number of rotatable bonds is 5. The maximum atomic E-state index is 12.9. The Morgan fingerprint density at radius 3 is 2.31 bits per heavy atom. The number of nitrogens with one attached hydrogen (secondary N) is 1. The number of allylic oxidation sites excluding steroid dienone is 1. The average Bonchev–Trinajstić information content (AvgIpc) is 2.68. The molecule has 2 aromatic carbocycles. The molecule has 150 valence electrons. The predicted molar refractivity (Wildman–Crippen MR) is 108 cm³/mol. The Morgan fingerprint density at radius 2 is 1.76 bits per heavy atom. The van der Waals surface area contributed by atoms with Gasteiger partial charge in [0.2, 0.25) is 0 Å². The molecule has 0 unspecified atom stereocenters. The minimum absolute atomic E-state index is 0.0949. The first-order valence-electron chi connectivity index (χ1n) is 8.90. The highest BCUT2D eigenvalue weighted by atomic mass is 35.5. The van der Waals surface area contributed by atoms with Crippen molar-refractivity contribution >= 4 is 35.3 Å². The second kappa shape index (κ2) is 8.36.